The molecule has 0 radical (unpaired) electrons. The zero-order valence-electron chi connectivity index (χ0n) is 12.6. The van der Waals surface area contributed by atoms with Gasteiger partial charge in [0.1, 0.15) is 10.6 Å². The lowest BCUT2D eigenvalue weighted by Crippen LogP contribution is -2.35. The third-order valence-electron chi connectivity index (χ3n) is 3.27. The molecule has 0 saturated heterocycles. The number of nitrogens with zero attached hydrogens (tertiary/aromatic N) is 2. The quantitative estimate of drug-likeness (QED) is 0.860. The number of halogens is 1. The maximum absolute atomic E-state index is 12.4. The highest BCUT2D eigenvalue weighted by Gasteiger charge is 2.28. The molecule has 8 heteroatoms. The lowest BCUT2D eigenvalue weighted by molar-refractivity contribution is 0.386. The van der Waals surface area contributed by atoms with Crippen LogP contribution < -0.4 is 5.73 Å². The van der Waals surface area contributed by atoms with Crippen molar-refractivity contribution in [3.8, 4) is 0 Å². The fraction of sp³-hybridized carbons (Fsp3) is 0.750. The van der Waals surface area contributed by atoms with E-state index in [9.17, 15) is 8.42 Å². The molecule has 0 amide bonds. The van der Waals surface area contributed by atoms with Gasteiger partial charge < -0.3 is 10.3 Å². The first kappa shape index (κ1) is 19.4. The minimum atomic E-state index is -3.56. The zero-order chi connectivity index (χ0) is 14.8. The Labute approximate surface area is 127 Å². The van der Waals surface area contributed by atoms with Gasteiger partial charge in [-0.15, -0.1) is 12.4 Å². The van der Waals surface area contributed by atoms with Crippen LogP contribution in [0.15, 0.2) is 9.42 Å². The second-order valence-corrected chi connectivity index (χ2v) is 7.16. The molecule has 2 N–H and O–H groups in total. The molecule has 1 atom stereocenters. The number of aryl methyl sites for hydroxylation is 2. The first-order valence-corrected chi connectivity index (χ1v) is 7.76. The number of nitrogens with two attached hydrogens (primary N) is 1. The molecule has 0 aliphatic carbocycles. The van der Waals surface area contributed by atoms with Gasteiger partial charge in [0.25, 0.3) is 0 Å². The van der Waals surface area contributed by atoms with Gasteiger partial charge in [-0.3, -0.25) is 0 Å². The summed E-state index contributed by atoms with van der Waals surface area (Å²) >= 11 is 0. The zero-order valence-corrected chi connectivity index (χ0v) is 14.2. The van der Waals surface area contributed by atoms with E-state index in [1.165, 1.54) is 4.31 Å². The number of sulfonamides is 1. The number of hydrogen-bond donors (Lipinski definition) is 1. The molecule has 1 rings (SSSR count). The van der Waals surface area contributed by atoms with E-state index in [1.807, 2.05) is 13.8 Å². The van der Waals surface area contributed by atoms with Gasteiger partial charge in [-0.05, 0) is 26.2 Å². The fourth-order valence-corrected chi connectivity index (χ4v) is 3.25. The van der Waals surface area contributed by atoms with Crippen LogP contribution in [0, 0.1) is 19.8 Å². The van der Waals surface area contributed by atoms with Crippen LogP contribution in [0.4, 0.5) is 0 Å². The number of hydrogen-bond acceptors (Lipinski definition) is 5. The SMILES string of the molecule is Cc1noc(C)c1S(=O)(=O)N(C)CCC(N)C(C)C.Cl. The Morgan fingerprint density at radius 3 is 2.30 bits per heavy atom. The van der Waals surface area contributed by atoms with E-state index in [-0.39, 0.29) is 23.3 Å². The van der Waals surface area contributed by atoms with Crippen LogP contribution in [0.1, 0.15) is 31.7 Å². The third-order valence-corrected chi connectivity index (χ3v) is 5.37. The van der Waals surface area contributed by atoms with Gasteiger partial charge in [0.2, 0.25) is 10.0 Å². The number of rotatable bonds is 6. The van der Waals surface area contributed by atoms with Gasteiger partial charge in [0.15, 0.2) is 5.76 Å². The van der Waals surface area contributed by atoms with E-state index in [4.69, 9.17) is 10.3 Å². The minimum Gasteiger partial charge on any atom is -0.360 e. The Morgan fingerprint density at radius 1 is 1.35 bits per heavy atom. The smallest absolute Gasteiger partial charge is 0.248 e. The molecular weight excluding hydrogens is 302 g/mol. The Hall–Kier alpha value is -0.630. The molecule has 0 spiro atoms. The summed E-state index contributed by atoms with van der Waals surface area (Å²) in [4.78, 5) is 0.160. The van der Waals surface area contributed by atoms with E-state index < -0.39 is 10.0 Å². The molecule has 0 aromatic carbocycles. The van der Waals surface area contributed by atoms with Gasteiger partial charge in [0, 0.05) is 19.6 Å². The van der Waals surface area contributed by atoms with E-state index in [1.54, 1.807) is 20.9 Å². The Balaban J connectivity index is 0.00000361. The summed E-state index contributed by atoms with van der Waals surface area (Å²) in [5, 5.41) is 3.68. The molecule has 1 heterocycles. The largest absolute Gasteiger partial charge is 0.360 e. The van der Waals surface area contributed by atoms with Crippen molar-refractivity contribution in [3.63, 3.8) is 0 Å². The normalized spacial score (nSPS) is 13.6. The first-order valence-electron chi connectivity index (χ1n) is 6.32. The van der Waals surface area contributed by atoms with Gasteiger partial charge in [-0.1, -0.05) is 19.0 Å². The van der Waals surface area contributed by atoms with Crippen LogP contribution in [-0.2, 0) is 10.0 Å². The van der Waals surface area contributed by atoms with Gasteiger partial charge in [-0.25, -0.2) is 12.7 Å². The maximum atomic E-state index is 12.4. The Bertz CT molecular complexity index is 509. The van der Waals surface area contributed by atoms with Crippen LogP contribution in [0.2, 0.25) is 0 Å². The van der Waals surface area contributed by atoms with Gasteiger partial charge in [0.05, 0.1) is 0 Å². The van der Waals surface area contributed by atoms with E-state index in [0.717, 1.165) is 0 Å². The summed E-state index contributed by atoms with van der Waals surface area (Å²) in [7, 11) is -2.01. The highest BCUT2D eigenvalue weighted by molar-refractivity contribution is 7.89. The first-order chi connectivity index (χ1) is 8.67. The van der Waals surface area contributed by atoms with Crippen LogP contribution in [-0.4, -0.2) is 37.5 Å². The molecule has 1 aromatic rings. The lowest BCUT2D eigenvalue weighted by Gasteiger charge is -2.21. The monoisotopic (exact) mass is 325 g/mol. The van der Waals surface area contributed by atoms with Crippen molar-refractivity contribution in [2.24, 2.45) is 11.7 Å². The lowest BCUT2D eigenvalue weighted by atomic mass is 10.0. The second kappa shape index (κ2) is 7.40. The minimum absolute atomic E-state index is 0. The standard InChI is InChI=1S/C12H23N3O3S.ClH/c1-8(2)11(13)6-7-15(5)19(16,17)12-9(3)14-18-10(12)4;/h8,11H,6-7,13H2,1-5H3;1H. The van der Waals surface area contributed by atoms with Crippen molar-refractivity contribution in [1.29, 1.82) is 0 Å². The fourth-order valence-electron chi connectivity index (χ4n) is 1.78. The molecule has 20 heavy (non-hydrogen) atoms. The molecule has 118 valence electrons. The average Bonchev–Trinajstić information content (AvgIpc) is 2.65. The summed E-state index contributed by atoms with van der Waals surface area (Å²) in [5.41, 5.74) is 6.32. The summed E-state index contributed by atoms with van der Waals surface area (Å²) in [6, 6.07) is -0.0117. The highest BCUT2D eigenvalue weighted by atomic mass is 35.5. The van der Waals surface area contributed by atoms with Crippen molar-refractivity contribution < 1.29 is 12.9 Å². The van der Waals surface area contributed by atoms with Crippen LogP contribution >= 0.6 is 12.4 Å². The summed E-state index contributed by atoms with van der Waals surface area (Å²) in [6.07, 6.45) is 0.622. The maximum Gasteiger partial charge on any atom is 0.248 e. The summed E-state index contributed by atoms with van der Waals surface area (Å²) < 4.78 is 31.0. The van der Waals surface area contributed by atoms with Crippen molar-refractivity contribution in [2.75, 3.05) is 13.6 Å². The van der Waals surface area contributed by atoms with Crippen LogP contribution in [0.3, 0.4) is 0 Å². The molecule has 1 unspecified atom stereocenters. The summed E-state index contributed by atoms with van der Waals surface area (Å²) in [6.45, 7) is 7.64. The predicted molar refractivity (Wildman–Crippen MR) is 80.5 cm³/mol. The topological polar surface area (TPSA) is 89.4 Å². The highest BCUT2D eigenvalue weighted by Crippen LogP contribution is 2.22. The second-order valence-electron chi connectivity index (χ2n) is 5.18. The third kappa shape index (κ3) is 4.18. The van der Waals surface area contributed by atoms with Crippen molar-refractivity contribution in [3.05, 3.63) is 11.5 Å². The molecule has 1 aromatic heterocycles. The molecular formula is C12H24ClN3O3S. The number of aromatic nitrogens is 1. The molecule has 0 aliphatic heterocycles. The molecule has 0 bridgehead atoms. The molecule has 0 fully saturated rings. The van der Waals surface area contributed by atoms with E-state index in [2.05, 4.69) is 5.16 Å². The van der Waals surface area contributed by atoms with Gasteiger partial charge in [-0.2, -0.15) is 0 Å². The summed E-state index contributed by atoms with van der Waals surface area (Å²) in [5.74, 6) is 0.646. The van der Waals surface area contributed by atoms with Gasteiger partial charge >= 0.3 is 0 Å². The molecule has 6 nitrogen and oxygen atoms in total. The van der Waals surface area contributed by atoms with Crippen LogP contribution in [0.25, 0.3) is 0 Å². The Morgan fingerprint density at radius 2 is 1.90 bits per heavy atom. The van der Waals surface area contributed by atoms with Crippen molar-refractivity contribution >= 4 is 22.4 Å². The molecule has 0 saturated carbocycles. The Kier molecular flexibility index (Phi) is 7.17. The van der Waals surface area contributed by atoms with Crippen molar-refractivity contribution in [1.82, 2.24) is 9.46 Å². The predicted octanol–water partition coefficient (Wildman–Crippen LogP) is 1.71. The van der Waals surface area contributed by atoms with Crippen molar-refractivity contribution in [2.45, 2.75) is 45.1 Å². The van der Waals surface area contributed by atoms with Crippen LogP contribution in [0.5, 0.6) is 0 Å². The molecule has 0 aliphatic rings. The van der Waals surface area contributed by atoms with E-state index in [0.29, 0.717) is 30.3 Å². The average molecular weight is 326 g/mol. The van der Waals surface area contributed by atoms with E-state index >= 15 is 0 Å².